The number of hydrogen-bond donors (Lipinski definition) is 0. The summed E-state index contributed by atoms with van der Waals surface area (Å²) in [6.45, 7) is 14.0. The van der Waals surface area contributed by atoms with Gasteiger partial charge in [0, 0.05) is 6.42 Å². The molecule has 2 aromatic rings. The molecule has 2 bridgehead atoms. The van der Waals surface area contributed by atoms with Gasteiger partial charge in [0.25, 0.3) is 0 Å². The molecule has 29 heavy (non-hydrogen) atoms. The lowest BCUT2D eigenvalue weighted by atomic mass is 9.75. The van der Waals surface area contributed by atoms with E-state index in [1.165, 1.54) is 28.7 Å². The molecule has 2 aliphatic rings. The van der Waals surface area contributed by atoms with Crippen molar-refractivity contribution in [3.63, 3.8) is 0 Å². The number of hydrogen-bond acceptors (Lipinski definition) is 2. The summed E-state index contributed by atoms with van der Waals surface area (Å²) in [6.07, 6.45) is 4.74. The van der Waals surface area contributed by atoms with Crippen LogP contribution in [0.3, 0.4) is 0 Å². The van der Waals surface area contributed by atoms with Gasteiger partial charge in [0.2, 0.25) is 0 Å². The van der Waals surface area contributed by atoms with E-state index >= 15 is 0 Å². The molecular formula is C27H38O2. The van der Waals surface area contributed by atoms with Crippen LogP contribution >= 0.6 is 0 Å². The molecule has 2 saturated heterocycles. The standard InChI is InChI=1S/C18H26O2.C9H12/c1-13(2)18-10-9-17(4,20-18)16(11-18)19-12-15-8-6-5-7-14(15)3;1-3-9-7-5-4-6-8(9)2/h5-8,13,16H,9-12H2,1-4H3;4-7H,3H2,1-2H3. The molecule has 0 N–H and O–H groups in total. The van der Waals surface area contributed by atoms with E-state index in [-0.39, 0.29) is 17.3 Å². The average molecular weight is 395 g/mol. The van der Waals surface area contributed by atoms with E-state index in [9.17, 15) is 0 Å². The second kappa shape index (κ2) is 9.02. The van der Waals surface area contributed by atoms with E-state index < -0.39 is 0 Å². The molecule has 4 rings (SSSR count). The Morgan fingerprint density at radius 1 is 0.966 bits per heavy atom. The molecule has 2 heteroatoms. The molecule has 2 nitrogen and oxygen atoms in total. The van der Waals surface area contributed by atoms with Crippen LogP contribution in [0.5, 0.6) is 0 Å². The highest BCUT2D eigenvalue weighted by Crippen LogP contribution is 2.55. The minimum Gasteiger partial charge on any atom is -0.370 e. The summed E-state index contributed by atoms with van der Waals surface area (Å²) in [5.41, 5.74) is 5.44. The van der Waals surface area contributed by atoms with Crippen molar-refractivity contribution in [3.05, 3.63) is 70.8 Å². The smallest absolute Gasteiger partial charge is 0.0924 e. The first-order chi connectivity index (χ1) is 13.8. The maximum absolute atomic E-state index is 6.42. The van der Waals surface area contributed by atoms with Crippen LogP contribution in [0.1, 0.15) is 69.2 Å². The average Bonchev–Trinajstić information content (AvgIpc) is 3.20. The lowest BCUT2D eigenvalue weighted by molar-refractivity contribution is -0.0960. The zero-order chi connectivity index (χ0) is 21.1. The molecule has 3 atom stereocenters. The maximum atomic E-state index is 6.42. The van der Waals surface area contributed by atoms with Crippen molar-refractivity contribution in [3.8, 4) is 0 Å². The largest absolute Gasteiger partial charge is 0.370 e. The molecule has 0 aliphatic carbocycles. The lowest BCUT2D eigenvalue weighted by Gasteiger charge is -2.31. The highest BCUT2D eigenvalue weighted by molar-refractivity contribution is 5.25. The first-order valence-electron chi connectivity index (χ1n) is 11.2. The van der Waals surface area contributed by atoms with E-state index in [0.29, 0.717) is 12.5 Å². The normalized spacial score (nSPS) is 27.8. The van der Waals surface area contributed by atoms with Crippen LogP contribution in [-0.4, -0.2) is 17.3 Å². The third kappa shape index (κ3) is 4.75. The van der Waals surface area contributed by atoms with Gasteiger partial charge in [-0.15, -0.1) is 0 Å². The number of rotatable bonds is 5. The summed E-state index contributed by atoms with van der Waals surface area (Å²) in [5.74, 6) is 0.566. The van der Waals surface area contributed by atoms with Gasteiger partial charge in [0.1, 0.15) is 0 Å². The number of benzene rings is 2. The zero-order valence-corrected chi connectivity index (χ0v) is 19.1. The molecule has 0 radical (unpaired) electrons. The predicted molar refractivity (Wildman–Crippen MR) is 121 cm³/mol. The van der Waals surface area contributed by atoms with E-state index in [4.69, 9.17) is 9.47 Å². The van der Waals surface area contributed by atoms with E-state index in [1.54, 1.807) is 0 Å². The Bertz CT molecular complexity index is 812. The highest BCUT2D eigenvalue weighted by Gasteiger charge is 2.60. The predicted octanol–water partition coefficient (Wildman–Crippen LogP) is 6.81. The van der Waals surface area contributed by atoms with Crippen LogP contribution in [0.15, 0.2) is 48.5 Å². The van der Waals surface area contributed by atoms with Crippen molar-refractivity contribution < 1.29 is 9.47 Å². The summed E-state index contributed by atoms with van der Waals surface area (Å²) in [6, 6.07) is 17.0. The third-order valence-corrected chi connectivity index (χ3v) is 7.09. The van der Waals surface area contributed by atoms with Gasteiger partial charge in [-0.1, -0.05) is 69.3 Å². The summed E-state index contributed by atoms with van der Waals surface area (Å²) in [7, 11) is 0. The Balaban J connectivity index is 0.000000224. The molecular weight excluding hydrogens is 356 g/mol. The summed E-state index contributed by atoms with van der Waals surface area (Å²) in [5, 5.41) is 0. The molecule has 0 aromatic heterocycles. The first kappa shape index (κ1) is 22.1. The minimum atomic E-state index is -0.0764. The Labute approximate surface area is 177 Å². The summed E-state index contributed by atoms with van der Waals surface area (Å²) >= 11 is 0. The van der Waals surface area contributed by atoms with E-state index in [0.717, 1.165) is 19.3 Å². The van der Waals surface area contributed by atoms with Crippen molar-refractivity contribution in [2.24, 2.45) is 5.92 Å². The lowest BCUT2D eigenvalue weighted by Crippen LogP contribution is -2.38. The quantitative estimate of drug-likeness (QED) is 0.555. The molecule has 158 valence electrons. The van der Waals surface area contributed by atoms with E-state index in [1.807, 2.05) is 0 Å². The van der Waals surface area contributed by atoms with Gasteiger partial charge in [-0.2, -0.15) is 0 Å². The SMILES string of the molecule is CCc1ccccc1C.Cc1ccccc1COC1CC2(C(C)C)CCC1(C)O2. The molecule has 2 aromatic carbocycles. The summed E-state index contributed by atoms with van der Waals surface area (Å²) in [4.78, 5) is 0. The number of ether oxygens (including phenoxy) is 2. The van der Waals surface area contributed by atoms with Gasteiger partial charge in [-0.3, -0.25) is 0 Å². The molecule has 2 fully saturated rings. The van der Waals surface area contributed by atoms with Crippen molar-refractivity contribution in [1.82, 2.24) is 0 Å². The fourth-order valence-electron chi connectivity index (χ4n) is 4.77. The monoisotopic (exact) mass is 394 g/mol. The van der Waals surface area contributed by atoms with Gasteiger partial charge in [-0.25, -0.2) is 0 Å². The second-order valence-corrected chi connectivity index (χ2v) is 9.34. The zero-order valence-electron chi connectivity index (χ0n) is 19.1. The van der Waals surface area contributed by atoms with Crippen molar-refractivity contribution in [2.75, 3.05) is 0 Å². The molecule has 0 amide bonds. The topological polar surface area (TPSA) is 18.5 Å². The van der Waals surface area contributed by atoms with Crippen LogP contribution in [0.2, 0.25) is 0 Å². The first-order valence-corrected chi connectivity index (χ1v) is 11.2. The van der Waals surface area contributed by atoms with E-state index in [2.05, 4.69) is 90.1 Å². The highest BCUT2D eigenvalue weighted by atomic mass is 16.6. The minimum absolute atomic E-state index is 0.0607. The van der Waals surface area contributed by atoms with Gasteiger partial charge in [0.05, 0.1) is 23.9 Å². The number of aryl methyl sites for hydroxylation is 3. The second-order valence-electron chi connectivity index (χ2n) is 9.34. The van der Waals surface area contributed by atoms with Gasteiger partial charge in [0.15, 0.2) is 0 Å². The fraction of sp³-hybridized carbons (Fsp3) is 0.556. The van der Waals surface area contributed by atoms with Crippen LogP contribution in [-0.2, 0) is 22.5 Å². The van der Waals surface area contributed by atoms with Crippen LogP contribution in [0, 0.1) is 19.8 Å². The van der Waals surface area contributed by atoms with Crippen LogP contribution in [0.4, 0.5) is 0 Å². The van der Waals surface area contributed by atoms with Gasteiger partial charge in [-0.05, 0) is 68.2 Å². The van der Waals surface area contributed by atoms with Crippen molar-refractivity contribution in [2.45, 2.75) is 91.1 Å². The molecule has 2 aliphatic heterocycles. The Morgan fingerprint density at radius 2 is 1.55 bits per heavy atom. The van der Waals surface area contributed by atoms with Crippen LogP contribution < -0.4 is 0 Å². The fourth-order valence-corrected chi connectivity index (χ4v) is 4.77. The molecule has 2 heterocycles. The Hall–Kier alpha value is -1.64. The van der Waals surface area contributed by atoms with Gasteiger partial charge >= 0.3 is 0 Å². The van der Waals surface area contributed by atoms with Crippen molar-refractivity contribution in [1.29, 1.82) is 0 Å². The molecule has 0 saturated carbocycles. The van der Waals surface area contributed by atoms with Crippen LogP contribution in [0.25, 0.3) is 0 Å². The van der Waals surface area contributed by atoms with Crippen molar-refractivity contribution >= 4 is 0 Å². The Morgan fingerprint density at radius 3 is 2.03 bits per heavy atom. The third-order valence-electron chi connectivity index (χ3n) is 7.09. The maximum Gasteiger partial charge on any atom is 0.0924 e. The van der Waals surface area contributed by atoms with Gasteiger partial charge < -0.3 is 9.47 Å². The molecule has 3 unspecified atom stereocenters. The summed E-state index contributed by atoms with van der Waals surface area (Å²) < 4.78 is 12.7. The number of fused-ring (bicyclic) bond motifs is 2. The molecule has 0 spiro atoms. The Kier molecular flexibility index (Phi) is 6.86.